The van der Waals surface area contributed by atoms with Crippen LogP contribution in [0.4, 0.5) is 10.1 Å². The first-order valence-electron chi connectivity index (χ1n) is 10.1. The van der Waals surface area contributed by atoms with Gasteiger partial charge in [0.1, 0.15) is 17.3 Å². The van der Waals surface area contributed by atoms with Gasteiger partial charge in [0, 0.05) is 16.8 Å². The Bertz CT molecular complexity index is 1320. The molecule has 0 aromatic heterocycles. The topological polar surface area (TPSA) is 85.3 Å². The number of rotatable bonds is 4. The van der Waals surface area contributed by atoms with Crippen molar-refractivity contribution in [3.8, 4) is 17.2 Å². The Morgan fingerprint density at radius 3 is 2.61 bits per heavy atom. The molecule has 0 spiro atoms. The fraction of sp³-hybridized carbons (Fsp3) is 0.120. The van der Waals surface area contributed by atoms with Gasteiger partial charge < -0.3 is 19.3 Å². The first kappa shape index (κ1) is 20.6. The van der Waals surface area contributed by atoms with Gasteiger partial charge in [-0.25, -0.2) is 4.39 Å². The summed E-state index contributed by atoms with van der Waals surface area (Å²) < 4.78 is 30.2. The minimum absolute atomic E-state index is 0.0464. The number of carbonyl (C=O) groups is 2. The molecule has 1 atom stereocenters. The summed E-state index contributed by atoms with van der Waals surface area (Å²) in [7, 11) is 1.46. The number of fused-ring (bicyclic) bond motifs is 1. The van der Waals surface area contributed by atoms with Crippen molar-refractivity contribution in [3.63, 3.8) is 0 Å². The van der Waals surface area contributed by atoms with Crippen LogP contribution in [0.25, 0.3) is 5.76 Å². The minimum atomic E-state index is -1.05. The number of methoxy groups -OCH3 is 1. The molecule has 7 nitrogen and oxygen atoms in total. The van der Waals surface area contributed by atoms with Crippen LogP contribution >= 0.6 is 0 Å². The van der Waals surface area contributed by atoms with Crippen LogP contribution in [-0.4, -0.2) is 30.7 Å². The van der Waals surface area contributed by atoms with E-state index in [4.69, 9.17) is 14.2 Å². The molecular formula is C25H18FNO6. The molecule has 1 fully saturated rings. The third kappa shape index (κ3) is 3.36. The number of nitrogens with zero attached hydrogens (tertiary/aromatic N) is 1. The molecule has 2 aliphatic heterocycles. The van der Waals surface area contributed by atoms with Gasteiger partial charge in [-0.05, 0) is 42.5 Å². The average molecular weight is 447 g/mol. The first-order valence-corrected chi connectivity index (χ1v) is 10.1. The van der Waals surface area contributed by atoms with Crippen LogP contribution in [0, 0.1) is 5.82 Å². The molecule has 0 saturated carbocycles. The summed E-state index contributed by atoms with van der Waals surface area (Å²) in [4.78, 5) is 27.5. The molecule has 8 heteroatoms. The molecule has 1 N–H and O–H groups in total. The monoisotopic (exact) mass is 447 g/mol. The zero-order valence-corrected chi connectivity index (χ0v) is 17.4. The van der Waals surface area contributed by atoms with E-state index in [0.29, 0.717) is 22.8 Å². The van der Waals surface area contributed by atoms with Crippen LogP contribution in [0.3, 0.4) is 0 Å². The summed E-state index contributed by atoms with van der Waals surface area (Å²) in [6, 6.07) is 15.9. The van der Waals surface area contributed by atoms with Crippen molar-refractivity contribution in [1.29, 1.82) is 0 Å². The predicted octanol–water partition coefficient (Wildman–Crippen LogP) is 4.19. The number of Topliss-reactive ketones (excluding diaryl/α,β-unsaturated/α-hetero) is 1. The van der Waals surface area contributed by atoms with E-state index in [1.807, 2.05) is 0 Å². The van der Waals surface area contributed by atoms with E-state index in [2.05, 4.69) is 0 Å². The Hall–Kier alpha value is -4.33. The number of ketones is 1. The molecule has 1 saturated heterocycles. The third-order valence-corrected chi connectivity index (χ3v) is 5.61. The van der Waals surface area contributed by atoms with E-state index in [0.717, 1.165) is 6.07 Å². The molecule has 1 unspecified atom stereocenters. The fourth-order valence-corrected chi connectivity index (χ4v) is 4.11. The summed E-state index contributed by atoms with van der Waals surface area (Å²) in [6.45, 7) is 0.0464. The van der Waals surface area contributed by atoms with Crippen molar-refractivity contribution in [3.05, 3.63) is 89.2 Å². The summed E-state index contributed by atoms with van der Waals surface area (Å²) >= 11 is 0. The Balaban J connectivity index is 1.74. The molecule has 33 heavy (non-hydrogen) atoms. The maximum Gasteiger partial charge on any atom is 0.300 e. The largest absolute Gasteiger partial charge is 0.507 e. The van der Waals surface area contributed by atoms with Gasteiger partial charge in [0.15, 0.2) is 11.5 Å². The summed E-state index contributed by atoms with van der Waals surface area (Å²) in [5, 5.41) is 11.2. The second-order valence-corrected chi connectivity index (χ2v) is 7.46. The van der Waals surface area contributed by atoms with Crippen LogP contribution in [-0.2, 0) is 9.59 Å². The lowest BCUT2D eigenvalue weighted by atomic mass is 9.94. The van der Waals surface area contributed by atoms with Crippen LogP contribution in [0.15, 0.2) is 72.3 Å². The maximum absolute atomic E-state index is 14.0. The summed E-state index contributed by atoms with van der Waals surface area (Å²) in [5.41, 5.74) is 0.771. The van der Waals surface area contributed by atoms with Crippen LogP contribution in [0.5, 0.6) is 17.2 Å². The average Bonchev–Trinajstić information content (AvgIpc) is 3.40. The Morgan fingerprint density at radius 2 is 1.82 bits per heavy atom. The Labute approximate surface area is 188 Å². The second kappa shape index (κ2) is 7.98. The lowest BCUT2D eigenvalue weighted by molar-refractivity contribution is -0.132. The highest BCUT2D eigenvalue weighted by Gasteiger charge is 2.48. The smallest absolute Gasteiger partial charge is 0.300 e. The lowest BCUT2D eigenvalue weighted by Gasteiger charge is -2.26. The highest BCUT2D eigenvalue weighted by Crippen LogP contribution is 2.45. The van der Waals surface area contributed by atoms with Crippen molar-refractivity contribution in [2.45, 2.75) is 6.04 Å². The number of amides is 1. The number of hydrogen-bond donors (Lipinski definition) is 1. The minimum Gasteiger partial charge on any atom is -0.507 e. The van der Waals surface area contributed by atoms with Crippen molar-refractivity contribution < 1.29 is 33.3 Å². The zero-order valence-electron chi connectivity index (χ0n) is 17.4. The van der Waals surface area contributed by atoms with Gasteiger partial charge in [0.2, 0.25) is 6.79 Å². The SMILES string of the molecule is COc1ccccc1C1/C(=C(\O)c2ccc3c(c2)OCO3)C(=O)C(=O)N1c1cccc(F)c1. The molecule has 0 radical (unpaired) electrons. The third-order valence-electron chi connectivity index (χ3n) is 5.61. The van der Waals surface area contributed by atoms with E-state index < -0.39 is 23.5 Å². The number of hydrogen-bond acceptors (Lipinski definition) is 6. The maximum atomic E-state index is 14.0. The van der Waals surface area contributed by atoms with Crippen molar-refractivity contribution in [2.24, 2.45) is 0 Å². The molecule has 0 bridgehead atoms. The van der Waals surface area contributed by atoms with Crippen molar-refractivity contribution >= 4 is 23.1 Å². The molecular weight excluding hydrogens is 429 g/mol. The molecule has 0 aliphatic carbocycles. The van der Waals surface area contributed by atoms with E-state index in [1.54, 1.807) is 36.4 Å². The predicted molar refractivity (Wildman–Crippen MR) is 117 cm³/mol. The highest BCUT2D eigenvalue weighted by molar-refractivity contribution is 6.51. The summed E-state index contributed by atoms with van der Waals surface area (Å²) in [5.74, 6) is -1.42. The van der Waals surface area contributed by atoms with Gasteiger partial charge in [-0.15, -0.1) is 0 Å². The Morgan fingerprint density at radius 1 is 1.03 bits per heavy atom. The number of anilines is 1. The van der Waals surface area contributed by atoms with E-state index >= 15 is 0 Å². The second-order valence-electron chi connectivity index (χ2n) is 7.46. The number of para-hydroxylation sites is 1. The first-order chi connectivity index (χ1) is 16.0. The van der Waals surface area contributed by atoms with Crippen molar-refractivity contribution in [1.82, 2.24) is 0 Å². The van der Waals surface area contributed by atoms with Gasteiger partial charge in [-0.3, -0.25) is 14.5 Å². The number of ether oxygens (including phenoxy) is 3. The zero-order chi connectivity index (χ0) is 23.1. The highest BCUT2D eigenvalue weighted by atomic mass is 19.1. The molecule has 2 aliphatic rings. The Kier molecular flexibility index (Phi) is 4.97. The van der Waals surface area contributed by atoms with E-state index in [-0.39, 0.29) is 29.4 Å². The molecule has 3 aromatic rings. The van der Waals surface area contributed by atoms with Gasteiger partial charge in [0.25, 0.3) is 11.7 Å². The molecule has 166 valence electrons. The summed E-state index contributed by atoms with van der Waals surface area (Å²) in [6.07, 6.45) is 0. The number of benzene rings is 3. The van der Waals surface area contributed by atoms with Crippen LogP contribution in [0.1, 0.15) is 17.2 Å². The van der Waals surface area contributed by atoms with E-state index in [1.165, 1.54) is 36.3 Å². The van der Waals surface area contributed by atoms with Gasteiger partial charge in [-0.1, -0.05) is 24.3 Å². The van der Waals surface area contributed by atoms with Gasteiger partial charge >= 0.3 is 0 Å². The van der Waals surface area contributed by atoms with Crippen LogP contribution in [0.2, 0.25) is 0 Å². The number of aliphatic hydroxyl groups excluding tert-OH is 1. The number of aliphatic hydroxyl groups is 1. The number of halogens is 1. The standard InChI is InChI=1S/C25H18FNO6/c1-31-18-8-3-2-7-17(18)22-21(23(28)14-9-10-19-20(11-14)33-13-32-19)24(29)25(30)27(22)16-6-4-5-15(26)12-16/h2-12,22,28H,13H2,1H3/b23-21+. The quantitative estimate of drug-likeness (QED) is 0.367. The molecule has 5 rings (SSSR count). The van der Waals surface area contributed by atoms with Crippen LogP contribution < -0.4 is 19.1 Å². The van der Waals surface area contributed by atoms with Crippen molar-refractivity contribution in [2.75, 3.05) is 18.8 Å². The van der Waals surface area contributed by atoms with Gasteiger partial charge in [-0.2, -0.15) is 0 Å². The normalized spacial score (nSPS) is 18.6. The lowest BCUT2D eigenvalue weighted by Crippen LogP contribution is -2.29. The van der Waals surface area contributed by atoms with Gasteiger partial charge in [0.05, 0.1) is 18.7 Å². The molecule has 2 heterocycles. The fourth-order valence-electron chi connectivity index (χ4n) is 4.11. The molecule has 3 aromatic carbocycles. The number of carbonyl (C=O) groups excluding carboxylic acids is 2. The van der Waals surface area contributed by atoms with E-state index in [9.17, 15) is 19.1 Å². The molecule has 1 amide bonds.